The van der Waals surface area contributed by atoms with Crippen molar-refractivity contribution in [1.82, 2.24) is 0 Å². The molecule has 0 saturated carbocycles. The van der Waals surface area contributed by atoms with Crippen LogP contribution in [0.1, 0.15) is 25.0 Å². The highest BCUT2D eigenvalue weighted by Gasteiger charge is 2.15. The normalized spacial score (nSPS) is 10.6. The van der Waals surface area contributed by atoms with Crippen molar-refractivity contribution < 1.29 is 10.0 Å². The van der Waals surface area contributed by atoms with Gasteiger partial charge in [0.2, 0.25) is 0 Å². The second kappa shape index (κ2) is 8.22. The van der Waals surface area contributed by atoms with E-state index in [1.54, 1.807) is 12.1 Å². The molecule has 0 atom stereocenters. The van der Waals surface area contributed by atoms with Gasteiger partial charge in [0.25, 0.3) is 0 Å². The van der Waals surface area contributed by atoms with Crippen LogP contribution in [0.15, 0.2) is 72.8 Å². The first kappa shape index (κ1) is 18.2. The third-order valence-corrected chi connectivity index (χ3v) is 4.66. The van der Waals surface area contributed by atoms with Crippen LogP contribution >= 0.6 is 0 Å². The van der Waals surface area contributed by atoms with Gasteiger partial charge in [0.15, 0.2) is 0 Å². The van der Waals surface area contributed by atoms with Crippen molar-refractivity contribution in [2.75, 3.05) is 4.90 Å². The Hall–Kier alpha value is -2.56. The first-order chi connectivity index (χ1) is 12.6. The lowest BCUT2D eigenvalue weighted by molar-refractivity contribution is 0.426. The van der Waals surface area contributed by atoms with Crippen LogP contribution in [0.2, 0.25) is 0 Å². The molecule has 26 heavy (non-hydrogen) atoms. The van der Waals surface area contributed by atoms with Crippen molar-refractivity contribution in [3.8, 4) is 0 Å². The molecule has 3 aromatic carbocycles. The molecule has 3 aromatic rings. The van der Waals surface area contributed by atoms with Crippen LogP contribution in [0.5, 0.6) is 0 Å². The van der Waals surface area contributed by atoms with Crippen LogP contribution in [-0.4, -0.2) is 17.2 Å². The zero-order valence-corrected chi connectivity index (χ0v) is 15.3. The molecule has 0 fully saturated rings. The van der Waals surface area contributed by atoms with Gasteiger partial charge < -0.3 is 14.9 Å². The summed E-state index contributed by atoms with van der Waals surface area (Å²) in [6, 6.07) is 24.4. The third-order valence-electron chi connectivity index (χ3n) is 4.66. The quantitative estimate of drug-likeness (QED) is 0.665. The van der Waals surface area contributed by atoms with Gasteiger partial charge in [0.1, 0.15) is 0 Å². The van der Waals surface area contributed by atoms with Gasteiger partial charge in [-0.15, -0.1) is 0 Å². The molecule has 0 amide bonds. The molecule has 0 saturated heterocycles. The molecule has 3 rings (SSSR count). The van der Waals surface area contributed by atoms with Gasteiger partial charge in [-0.1, -0.05) is 50.2 Å². The summed E-state index contributed by atoms with van der Waals surface area (Å²) in [6.07, 6.45) is 2.02. The van der Waals surface area contributed by atoms with Crippen molar-refractivity contribution in [3.63, 3.8) is 0 Å². The lowest BCUT2D eigenvalue weighted by Gasteiger charge is -2.26. The highest BCUT2D eigenvalue weighted by Crippen LogP contribution is 2.34. The van der Waals surface area contributed by atoms with E-state index in [2.05, 4.69) is 67.3 Å². The largest absolute Gasteiger partial charge is 0.488 e. The molecule has 0 bridgehead atoms. The predicted octanol–water partition coefficient (Wildman–Crippen LogP) is 3.96. The van der Waals surface area contributed by atoms with E-state index in [1.807, 2.05) is 12.1 Å². The topological polar surface area (TPSA) is 43.7 Å². The van der Waals surface area contributed by atoms with Gasteiger partial charge in [-0.3, -0.25) is 0 Å². The first-order valence-corrected chi connectivity index (χ1v) is 9.06. The summed E-state index contributed by atoms with van der Waals surface area (Å²) in [5.41, 5.74) is 6.20. The van der Waals surface area contributed by atoms with Gasteiger partial charge in [-0.25, -0.2) is 0 Å². The molecule has 0 aromatic heterocycles. The summed E-state index contributed by atoms with van der Waals surface area (Å²) >= 11 is 0. The van der Waals surface area contributed by atoms with Gasteiger partial charge in [0, 0.05) is 17.1 Å². The van der Waals surface area contributed by atoms with Crippen molar-refractivity contribution >= 4 is 29.6 Å². The highest BCUT2D eigenvalue weighted by molar-refractivity contribution is 6.58. The van der Waals surface area contributed by atoms with Crippen molar-refractivity contribution in [1.29, 1.82) is 0 Å². The van der Waals surface area contributed by atoms with Gasteiger partial charge in [-0.05, 0) is 65.8 Å². The number of nitrogens with zero attached hydrogens (tertiary/aromatic N) is 1. The van der Waals surface area contributed by atoms with Crippen LogP contribution in [0.3, 0.4) is 0 Å². The molecule has 0 heterocycles. The molecule has 0 spiro atoms. The molecule has 2 N–H and O–H groups in total. The van der Waals surface area contributed by atoms with E-state index >= 15 is 0 Å². The van der Waals surface area contributed by atoms with E-state index in [1.165, 1.54) is 11.1 Å². The summed E-state index contributed by atoms with van der Waals surface area (Å²) in [4.78, 5) is 2.17. The molecule has 0 radical (unpaired) electrons. The Labute approximate surface area is 155 Å². The average Bonchev–Trinajstić information content (AvgIpc) is 2.69. The van der Waals surface area contributed by atoms with Gasteiger partial charge in [-0.2, -0.15) is 0 Å². The van der Waals surface area contributed by atoms with Crippen molar-refractivity contribution in [3.05, 3.63) is 83.9 Å². The molecular weight excluding hydrogens is 321 g/mol. The zero-order valence-electron chi connectivity index (χ0n) is 15.3. The molecule has 0 aliphatic heterocycles. The fourth-order valence-corrected chi connectivity index (χ4v) is 3.00. The number of rotatable bonds is 6. The molecule has 0 unspecified atom stereocenters. The molecular formula is C22H24BNO2. The predicted molar refractivity (Wildman–Crippen MR) is 110 cm³/mol. The Morgan fingerprint density at radius 1 is 0.615 bits per heavy atom. The minimum atomic E-state index is -1.45. The van der Waals surface area contributed by atoms with E-state index in [-0.39, 0.29) is 0 Å². The summed E-state index contributed by atoms with van der Waals surface area (Å²) in [5.74, 6) is 0. The Kier molecular flexibility index (Phi) is 5.76. The number of anilines is 3. The van der Waals surface area contributed by atoms with E-state index in [9.17, 15) is 10.0 Å². The lowest BCUT2D eigenvalue weighted by Crippen LogP contribution is -2.29. The maximum absolute atomic E-state index is 9.34. The standard InChI is InChI=1S/C22H24BNO2/c1-3-17-5-11-20(12-6-17)24(21-13-7-18(4-2)8-14-21)22-15-9-19(10-16-22)23(25)26/h5-16,25-26H,3-4H2,1-2H3. The SMILES string of the molecule is CCc1ccc(N(c2ccc(CC)cc2)c2ccc(B(O)O)cc2)cc1. The van der Waals surface area contributed by atoms with E-state index in [4.69, 9.17) is 0 Å². The Morgan fingerprint density at radius 3 is 1.27 bits per heavy atom. The number of hydrogen-bond donors (Lipinski definition) is 2. The second-order valence-corrected chi connectivity index (χ2v) is 6.34. The third kappa shape index (κ3) is 3.98. The van der Waals surface area contributed by atoms with Crippen molar-refractivity contribution in [2.24, 2.45) is 0 Å². The van der Waals surface area contributed by atoms with Crippen LogP contribution < -0.4 is 10.4 Å². The Balaban J connectivity index is 2.04. The highest BCUT2D eigenvalue weighted by atomic mass is 16.4. The fourth-order valence-electron chi connectivity index (χ4n) is 3.00. The van der Waals surface area contributed by atoms with Crippen LogP contribution in [-0.2, 0) is 12.8 Å². The number of benzene rings is 3. The molecule has 3 nitrogen and oxygen atoms in total. The van der Waals surface area contributed by atoms with E-state index < -0.39 is 7.12 Å². The second-order valence-electron chi connectivity index (χ2n) is 6.34. The zero-order chi connectivity index (χ0) is 18.5. The smallest absolute Gasteiger partial charge is 0.423 e. The monoisotopic (exact) mass is 345 g/mol. The maximum Gasteiger partial charge on any atom is 0.488 e. The first-order valence-electron chi connectivity index (χ1n) is 9.06. The summed E-state index contributed by atoms with van der Waals surface area (Å²) < 4.78 is 0. The Morgan fingerprint density at radius 2 is 0.962 bits per heavy atom. The summed E-state index contributed by atoms with van der Waals surface area (Å²) in [7, 11) is -1.45. The van der Waals surface area contributed by atoms with Crippen LogP contribution in [0.25, 0.3) is 0 Å². The molecule has 132 valence electrons. The van der Waals surface area contributed by atoms with Crippen LogP contribution in [0, 0.1) is 0 Å². The van der Waals surface area contributed by atoms with E-state index in [0.29, 0.717) is 5.46 Å². The number of hydrogen-bond acceptors (Lipinski definition) is 3. The summed E-state index contributed by atoms with van der Waals surface area (Å²) in [6.45, 7) is 4.30. The Bertz CT molecular complexity index is 780. The fraction of sp³-hybridized carbons (Fsp3) is 0.182. The molecule has 4 heteroatoms. The van der Waals surface area contributed by atoms with Crippen molar-refractivity contribution in [2.45, 2.75) is 26.7 Å². The molecule has 0 aliphatic carbocycles. The lowest BCUT2D eigenvalue weighted by atomic mass is 9.80. The minimum absolute atomic E-state index is 0.483. The van der Waals surface area contributed by atoms with Gasteiger partial charge in [0.05, 0.1) is 0 Å². The van der Waals surface area contributed by atoms with E-state index in [0.717, 1.165) is 29.9 Å². The summed E-state index contributed by atoms with van der Waals surface area (Å²) in [5, 5.41) is 18.7. The molecule has 0 aliphatic rings. The average molecular weight is 345 g/mol. The van der Waals surface area contributed by atoms with Gasteiger partial charge >= 0.3 is 7.12 Å². The van der Waals surface area contributed by atoms with Crippen LogP contribution in [0.4, 0.5) is 17.1 Å². The minimum Gasteiger partial charge on any atom is -0.423 e. The maximum atomic E-state index is 9.34. The number of aryl methyl sites for hydroxylation is 2.